The number of Topliss-reactive ketones (excluding diaryl/α,β-unsaturated/α-hetero) is 1. The molecule has 2 aromatic carbocycles. The summed E-state index contributed by atoms with van der Waals surface area (Å²) in [6.07, 6.45) is 5.25. The topological polar surface area (TPSA) is 68.5 Å². The van der Waals surface area contributed by atoms with Crippen molar-refractivity contribution >= 4 is 28.3 Å². The van der Waals surface area contributed by atoms with Crippen molar-refractivity contribution < 1.29 is 18.7 Å². The summed E-state index contributed by atoms with van der Waals surface area (Å²) in [5, 5.41) is 3.73. The molecule has 1 spiro atoms. The minimum Gasteiger partial charge on any atom is -0.486 e. The van der Waals surface area contributed by atoms with Crippen molar-refractivity contribution in [2.45, 2.75) is 64.9 Å². The molecule has 31 heavy (non-hydrogen) atoms. The Kier molecular flexibility index (Phi) is 4.65. The molecule has 1 amide bonds. The Labute approximate surface area is 181 Å². The van der Waals surface area contributed by atoms with E-state index in [4.69, 9.17) is 9.15 Å². The highest BCUT2D eigenvalue weighted by molar-refractivity contribution is 6.15. The van der Waals surface area contributed by atoms with Gasteiger partial charge in [0.2, 0.25) is 0 Å². The standard InChI is InChI=1S/C26H27NO4/c1-4-17-9-7-8-15(2)23(17)27-25(29)24-16(3)21-19(30-24)10-11-20-22(21)18(28)14-26(31-20)12-5-6-13-26/h7-11H,4-6,12-14H2,1-3H3,(H,27,29). The predicted octanol–water partition coefficient (Wildman–Crippen LogP) is 6.14. The van der Waals surface area contributed by atoms with Gasteiger partial charge in [-0.1, -0.05) is 25.1 Å². The lowest BCUT2D eigenvalue weighted by Crippen LogP contribution is -2.39. The molecule has 1 fully saturated rings. The summed E-state index contributed by atoms with van der Waals surface area (Å²) >= 11 is 0. The number of amides is 1. The molecule has 2 aliphatic rings. The van der Waals surface area contributed by atoms with Crippen LogP contribution in [0.5, 0.6) is 5.75 Å². The number of anilines is 1. The van der Waals surface area contributed by atoms with Crippen LogP contribution >= 0.6 is 0 Å². The van der Waals surface area contributed by atoms with Gasteiger partial charge in [0.05, 0.1) is 12.0 Å². The Morgan fingerprint density at radius 2 is 1.90 bits per heavy atom. The number of rotatable bonds is 3. The molecule has 3 aromatic rings. The first kappa shape index (κ1) is 19.9. The van der Waals surface area contributed by atoms with Gasteiger partial charge in [-0.15, -0.1) is 0 Å². The molecule has 0 saturated heterocycles. The van der Waals surface area contributed by atoms with E-state index in [2.05, 4.69) is 12.2 Å². The van der Waals surface area contributed by atoms with Gasteiger partial charge in [0, 0.05) is 16.6 Å². The van der Waals surface area contributed by atoms with E-state index < -0.39 is 0 Å². The highest BCUT2D eigenvalue weighted by Crippen LogP contribution is 2.46. The summed E-state index contributed by atoms with van der Waals surface area (Å²) < 4.78 is 12.3. The van der Waals surface area contributed by atoms with E-state index >= 15 is 0 Å². The van der Waals surface area contributed by atoms with Crippen molar-refractivity contribution in [2.75, 3.05) is 5.32 Å². The van der Waals surface area contributed by atoms with E-state index in [-0.39, 0.29) is 23.1 Å². The highest BCUT2D eigenvalue weighted by atomic mass is 16.5. The molecule has 2 heterocycles. The number of ether oxygens (including phenoxy) is 1. The van der Waals surface area contributed by atoms with E-state index in [0.29, 0.717) is 34.3 Å². The summed E-state index contributed by atoms with van der Waals surface area (Å²) in [7, 11) is 0. The fourth-order valence-electron chi connectivity index (χ4n) is 5.22. The highest BCUT2D eigenvalue weighted by Gasteiger charge is 2.43. The molecule has 1 aliphatic heterocycles. The van der Waals surface area contributed by atoms with Crippen LogP contribution in [-0.2, 0) is 6.42 Å². The molecular weight excluding hydrogens is 390 g/mol. The van der Waals surface area contributed by atoms with E-state index in [0.717, 1.165) is 48.9 Å². The third-order valence-electron chi connectivity index (χ3n) is 6.84. The van der Waals surface area contributed by atoms with Gasteiger partial charge in [0.15, 0.2) is 11.5 Å². The van der Waals surface area contributed by atoms with Crippen LogP contribution in [0.15, 0.2) is 34.7 Å². The van der Waals surface area contributed by atoms with Crippen molar-refractivity contribution in [3.05, 3.63) is 58.3 Å². The lowest BCUT2D eigenvalue weighted by molar-refractivity contribution is 0.0454. The van der Waals surface area contributed by atoms with Crippen molar-refractivity contribution in [1.82, 2.24) is 0 Å². The average molecular weight is 418 g/mol. The number of benzene rings is 2. The summed E-state index contributed by atoms with van der Waals surface area (Å²) in [5.41, 5.74) is 4.32. The maximum Gasteiger partial charge on any atom is 0.291 e. The number of fused-ring (bicyclic) bond motifs is 3. The van der Waals surface area contributed by atoms with Crippen LogP contribution in [-0.4, -0.2) is 17.3 Å². The lowest BCUT2D eigenvalue weighted by atomic mass is 9.87. The lowest BCUT2D eigenvalue weighted by Gasteiger charge is -2.34. The molecule has 5 nitrogen and oxygen atoms in total. The zero-order valence-electron chi connectivity index (χ0n) is 18.3. The quantitative estimate of drug-likeness (QED) is 0.555. The van der Waals surface area contributed by atoms with Crippen LogP contribution in [0.3, 0.4) is 0 Å². The van der Waals surface area contributed by atoms with E-state index in [9.17, 15) is 9.59 Å². The Morgan fingerprint density at radius 3 is 2.65 bits per heavy atom. The molecule has 0 atom stereocenters. The second-order valence-corrected chi connectivity index (χ2v) is 8.88. The van der Waals surface area contributed by atoms with E-state index in [1.807, 2.05) is 44.2 Å². The second kappa shape index (κ2) is 7.26. The largest absolute Gasteiger partial charge is 0.486 e. The molecule has 5 rings (SSSR count). The smallest absolute Gasteiger partial charge is 0.291 e. The van der Waals surface area contributed by atoms with Gasteiger partial charge in [-0.05, 0) is 69.2 Å². The van der Waals surface area contributed by atoms with Crippen LogP contribution in [0, 0.1) is 13.8 Å². The minimum atomic E-state index is -0.350. The van der Waals surface area contributed by atoms with Crippen LogP contribution in [0.25, 0.3) is 11.0 Å². The zero-order valence-corrected chi connectivity index (χ0v) is 18.3. The van der Waals surface area contributed by atoms with Gasteiger partial charge in [0.25, 0.3) is 5.91 Å². The summed E-state index contributed by atoms with van der Waals surface area (Å²) in [4.78, 5) is 26.3. The van der Waals surface area contributed by atoms with Crippen LogP contribution < -0.4 is 10.1 Å². The monoisotopic (exact) mass is 417 g/mol. The van der Waals surface area contributed by atoms with Gasteiger partial charge < -0.3 is 14.5 Å². The van der Waals surface area contributed by atoms with Gasteiger partial charge in [-0.3, -0.25) is 9.59 Å². The Hall–Kier alpha value is -3.08. The van der Waals surface area contributed by atoms with Gasteiger partial charge in [-0.2, -0.15) is 0 Å². The Bertz CT molecular complexity index is 1210. The number of carbonyl (C=O) groups is 2. The predicted molar refractivity (Wildman–Crippen MR) is 120 cm³/mol. The van der Waals surface area contributed by atoms with Crippen LogP contribution in [0.2, 0.25) is 0 Å². The van der Waals surface area contributed by atoms with Gasteiger partial charge >= 0.3 is 0 Å². The molecule has 1 saturated carbocycles. The SMILES string of the molecule is CCc1cccc(C)c1NC(=O)c1oc2ccc3c(c2c1C)C(=O)CC1(CCCC1)O3. The molecule has 0 bridgehead atoms. The molecule has 5 heteroatoms. The van der Waals surface area contributed by atoms with E-state index in [1.165, 1.54) is 0 Å². The summed E-state index contributed by atoms with van der Waals surface area (Å²) in [5.74, 6) is 0.635. The second-order valence-electron chi connectivity index (χ2n) is 8.88. The van der Waals surface area contributed by atoms with Crippen molar-refractivity contribution in [3.8, 4) is 5.75 Å². The zero-order chi connectivity index (χ0) is 21.8. The number of ketones is 1. The fourth-order valence-corrected chi connectivity index (χ4v) is 5.22. The molecule has 1 aromatic heterocycles. The molecule has 1 aliphatic carbocycles. The molecule has 1 N–H and O–H groups in total. The fraction of sp³-hybridized carbons (Fsp3) is 0.385. The van der Waals surface area contributed by atoms with Crippen LogP contribution in [0.1, 0.15) is 76.6 Å². The first-order valence-corrected chi connectivity index (χ1v) is 11.1. The first-order valence-electron chi connectivity index (χ1n) is 11.1. The number of furan rings is 1. The van der Waals surface area contributed by atoms with Crippen molar-refractivity contribution in [3.63, 3.8) is 0 Å². The average Bonchev–Trinajstić information content (AvgIpc) is 3.33. The Balaban J connectivity index is 1.55. The molecule has 0 unspecified atom stereocenters. The minimum absolute atomic E-state index is 0.0804. The van der Waals surface area contributed by atoms with Crippen LogP contribution in [0.4, 0.5) is 5.69 Å². The number of nitrogens with one attached hydrogen (secondary N) is 1. The number of carbonyl (C=O) groups excluding carboxylic acids is 2. The van der Waals surface area contributed by atoms with Crippen molar-refractivity contribution in [1.29, 1.82) is 0 Å². The number of aryl methyl sites for hydroxylation is 3. The van der Waals surface area contributed by atoms with E-state index in [1.54, 1.807) is 0 Å². The normalized spacial score (nSPS) is 17.1. The summed E-state index contributed by atoms with van der Waals surface area (Å²) in [6.45, 7) is 5.88. The first-order chi connectivity index (χ1) is 14.9. The molecule has 160 valence electrons. The summed E-state index contributed by atoms with van der Waals surface area (Å²) in [6, 6.07) is 9.61. The van der Waals surface area contributed by atoms with Gasteiger partial charge in [0.1, 0.15) is 16.9 Å². The van der Waals surface area contributed by atoms with Gasteiger partial charge in [-0.25, -0.2) is 0 Å². The molecular formula is C26H27NO4. The van der Waals surface area contributed by atoms with Crippen molar-refractivity contribution in [2.24, 2.45) is 0 Å². The maximum atomic E-state index is 13.2. The number of hydrogen-bond acceptors (Lipinski definition) is 4. The third kappa shape index (κ3) is 3.14. The number of hydrogen-bond donors (Lipinski definition) is 1. The maximum absolute atomic E-state index is 13.2. The Morgan fingerprint density at radius 1 is 1.13 bits per heavy atom. The number of para-hydroxylation sites is 1. The third-order valence-corrected chi connectivity index (χ3v) is 6.84. The molecule has 0 radical (unpaired) electrons.